The number of aromatic nitrogens is 2. The Balaban J connectivity index is 2.20. The fourth-order valence-corrected chi connectivity index (χ4v) is 2.66. The summed E-state index contributed by atoms with van der Waals surface area (Å²) < 4.78 is 0. The number of aryl methyl sites for hydroxylation is 1. The van der Waals surface area contributed by atoms with Crippen LogP contribution in [0.15, 0.2) is 42.5 Å². The van der Waals surface area contributed by atoms with Crippen LogP contribution in [0.5, 0.6) is 5.75 Å². The van der Waals surface area contributed by atoms with Crippen LogP contribution in [0.2, 0.25) is 0 Å². The first kappa shape index (κ1) is 17.2. The Bertz CT molecular complexity index is 1000. The molecule has 0 aliphatic rings. The monoisotopic (exact) mass is 345 g/mol. The summed E-state index contributed by atoms with van der Waals surface area (Å²) in [5.41, 5.74) is 9.91. The molecule has 0 spiro atoms. The van der Waals surface area contributed by atoms with Gasteiger partial charge in [-0.15, -0.1) is 0 Å². The summed E-state index contributed by atoms with van der Waals surface area (Å²) in [6.07, 6.45) is 0. The first-order valence-corrected chi connectivity index (χ1v) is 8.06. The summed E-state index contributed by atoms with van der Waals surface area (Å²) in [6, 6.07) is 14.9. The molecule has 3 N–H and O–H groups in total. The summed E-state index contributed by atoms with van der Waals surface area (Å²) in [6.45, 7) is 1.91. The maximum atomic E-state index is 10.2. The Morgan fingerprint density at radius 2 is 1.77 bits per heavy atom. The molecule has 1 aromatic heterocycles. The lowest BCUT2D eigenvalue weighted by Crippen LogP contribution is -2.08. The van der Waals surface area contributed by atoms with Gasteiger partial charge in [0.1, 0.15) is 23.2 Å². The average Bonchev–Trinajstić information content (AvgIpc) is 2.63. The molecular formula is C20H19N5O. The van der Waals surface area contributed by atoms with Crippen molar-refractivity contribution in [3.63, 3.8) is 0 Å². The molecule has 130 valence electrons. The van der Waals surface area contributed by atoms with E-state index in [1.54, 1.807) is 18.2 Å². The fourth-order valence-electron chi connectivity index (χ4n) is 2.66. The molecule has 0 saturated heterocycles. The van der Waals surface area contributed by atoms with E-state index >= 15 is 0 Å². The van der Waals surface area contributed by atoms with Crippen molar-refractivity contribution in [3.8, 4) is 34.5 Å². The van der Waals surface area contributed by atoms with E-state index < -0.39 is 0 Å². The summed E-state index contributed by atoms with van der Waals surface area (Å²) >= 11 is 0. The zero-order chi connectivity index (χ0) is 18.8. The van der Waals surface area contributed by atoms with Gasteiger partial charge in [-0.3, -0.25) is 0 Å². The Morgan fingerprint density at radius 1 is 1.08 bits per heavy atom. The molecule has 1 heterocycles. The van der Waals surface area contributed by atoms with E-state index in [4.69, 9.17) is 5.73 Å². The van der Waals surface area contributed by atoms with Crippen molar-refractivity contribution in [3.05, 3.63) is 53.6 Å². The second-order valence-corrected chi connectivity index (χ2v) is 6.23. The molecule has 0 atom stereocenters. The van der Waals surface area contributed by atoms with Crippen LogP contribution >= 0.6 is 0 Å². The summed E-state index contributed by atoms with van der Waals surface area (Å²) in [7, 11) is 3.91. The van der Waals surface area contributed by atoms with Crippen LogP contribution in [0.25, 0.3) is 22.6 Å². The van der Waals surface area contributed by atoms with Gasteiger partial charge in [0.2, 0.25) is 0 Å². The number of phenolic OH excluding ortho intramolecular Hbond substituents is 1. The number of nitrogen functional groups attached to an aromatic ring is 1. The van der Waals surface area contributed by atoms with Crippen LogP contribution in [0.4, 0.5) is 11.5 Å². The van der Waals surface area contributed by atoms with E-state index in [9.17, 15) is 10.4 Å². The average molecular weight is 345 g/mol. The van der Waals surface area contributed by atoms with Crippen molar-refractivity contribution < 1.29 is 5.11 Å². The highest BCUT2D eigenvalue weighted by Crippen LogP contribution is 2.32. The number of rotatable bonds is 3. The van der Waals surface area contributed by atoms with Crippen molar-refractivity contribution in [2.75, 3.05) is 24.7 Å². The largest absolute Gasteiger partial charge is 0.507 e. The summed E-state index contributed by atoms with van der Waals surface area (Å²) in [5.74, 6) is 0.438. The highest BCUT2D eigenvalue weighted by Gasteiger charge is 2.17. The predicted molar refractivity (Wildman–Crippen MR) is 103 cm³/mol. The molecule has 6 heteroatoms. The number of nitrogens with zero attached hydrogens (tertiary/aromatic N) is 4. The Labute approximate surface area is 152 Å². The number of phenols is 1. The summed E-state index contributed by atoms with van der Waals surface area (Å²) in [5, 5.41) is 19.7. The van der Waals surface area contributed by atoms with Gasteiger partial charge >= 0.3 is 0 Å². The Hall–Kier alpha value is -3.59. The van der Waals surface area contributed by atoms with Crippen LogP contribution < -0.4 is 10.6 Å². The van der Waals surface area contributed by atoms with Crippen LogP contribution in [0.3, 0.4) is 0 Å². The van der Waals surface area contributed by atoms with E-state index in [1.807, 2.05) is 50.2 Å². The second kappa shape index (κ2) is 6.73. The van der Waals surface area contributed by atoms with E-state index in [1.165, 1.54) is 0 Å². The lowest BCUT2D eigenvalue weighted by molar-refractivity contribution is 0.477. The van der Waals surface area contributed by atoms with Crippen LogP contribution in [0.1, 0.15) is 11.1 Å². The smallest absolute Gasteiger partial charge is 0.165 e. The molecule has 3 rings (SSSR count). The van der Waals surface area contributed by atoms with E-state index in [2.05, 4.69) is 16.0 Å². The fraction of sp³-hybridized carbons (Fsp3) is 0.150. The van der Waals surface area contributed by atoms with Gasteiger partial charge in [0, 0.05) is 25.3 Å². The van der Waals surface area contributed by atoms with Crippen LogP contribution in [-0.2, 0) is 0 Å². The maximum absolute atomic E-state index is 10.2. The van der Waals surface area contributed by atoms with Gasteiger partial charge in [0.05, 0.1) is 11.3 Å². The molecule has 0 fully saturated rings. The zero-order valence-electron chi connectivity index (χ0n) is 14.9. The minimum atomic E-state index is 0.0635. The normalized spacial score (nSPS) is 10.4. The minimum absolute atomic E-state index is 0.0635. The standard InChI is InChI=1S/C20H19N5O/c1-12-4-9-17(26)15(10-12)20-23-18(16(11-21)19(22)24-20)13-5-7-14(8-6-13)25(2)3/h4-10,26H,1-3H3,(H2,22,23,24). The third-order valence-corrected chi connectivity index (χ3v) is 4.10. The molecular weight excluding hydrogens is 326 g/mol. The van der Waals surface area contributed by atoms with Crippen molar-refractivity contribution in [2.24, 2.45) is 0 Å². The van der Waals surface area contributed by atoms with Gasteiger partial charge in [-0.25, -0.2) is 9.97 Å². The lowest BCUT2D eigenvalue weighted by Gasteiger charge is -2.14. The molecule has 3 aromatic rings. The molecule has 0 bridgehead atoms. The molecule has 0 amide bonds. The van der Waals surface area contributed by atoms with E-state index in [0.717, 1.165) is 16.8 Å². The number of nitriles is 1. The molecule has 0 radical (unpaired) electrons. The molecule has 0 saturated carbocycles. The molecule has 26 heavy (non-hydrogen) atoms. The number of benzene rings is 2. The molecule has 0 aliphatic heterocycles. The van der Waals surface area contributed by atoms with E-state index in [0.29, 0.717) is 11.3 Å². The van der Waals surface area contributed by atoms with Crippen molar-refractivity contribution in [1.82, 2.24) is 9.97 Å². The first-order valence-electron chi connectivity index (χ1n) is 8.06. The number of aromatic hydroxyl groups is 1. The topological polar surface area (TPSA) is 99.1 Å². The van der Waals surface area contributed by atoms with Crippen molar-refractivity contribution >= 4 is 11.5 Å². The van der Waals surface area contributed by atoms with Crippen LogP contribution in [-0.4, -0.2) is 29.2 Å². The van der Waals surface area contributed by atoms with Crippen molar-refractivity contribution in [2.45, 2.75) is 6.92 Å². The third kappa shape index (κ3) is 3.15. The predicted octanol–water partition coefficient (Wildman–Crippen LogP) is 3.34. The molecule has 0 aliphatic carbocycles. The molecule has 0 unspecified atom stereocenters. The highest BCUT2D eigenvalue weighted by atomic mass is 16.3. The Morgan fingerprint density at radius 3 is 2.38 bits per heavy atom. The highest BCUT2D eigenvalue weighted by molar-refractivity contribution is 5.77. The molecule has 2 aromatic carbocycles. The zero-order valence-corrected chi connectivity index (χ0v) is 14.9. The first-order chi connectivity index (χ1) is 12.4. The van der Waals surface area contributed by atoms with Crippen LogP contribution in [0, 0.1) is 18.3 Å². The van der Waals surface area contributed by atoms with Gasteiger partial charge < -0.3 is 15.7 Å². The number of hydrogen-bond donors (Lipinski definition) is 2. The van der Waals surface area contributed by atoms with Gasteiger partial charge in [-0.1, -0.05) is 23.8 Å². The minimum Gasteiger partial charge on any atom is -0.507 e. The summed E-state index contributed by atoms with van der Waals surface area (Å²) in [4.78, 5) is 10.7. The third-order valence-electron chi connectivity index (χ3n) is 4.10. The Kier molecular flexibility index (Phi) is 4.46. The number of anilines is 2. The van der Waals surface area contributed by atoms with Gasteiger partial charge in [-0.2, -0.15) is 5.26 Å². The SMILES string of the molecule is Cc1ccc(O)c(-c2nc(N)c(C#N)c(-c3ccc(N(C)C)cc3)n2)c1. The van der Waals surface area contributed by atoms with Gasteiger partial charge in [0.25, 0.3) is 0 Å². The maximum Gasteiger partial charge on any atom is 0.165 e. The van der Waals surface area contributed by atoms with Gasteiger partial charge in [-0.05, 0) is 31.2 Å². The number of nitrogens with two attached hydrogens (primary N) is 1. The number of hydrogen-bond acceptors (Lipinski definition) is 6. The van der Waals surface area contributed by atoms with Gasteiger partial charge in [0.15, 0.2) is 5.82 Å². The second-order valence-electron chi connectivity index (χ2n) is 6.23. The lowest BCUT2D eigenvalue weighted by atomic mass is 10.0. The van der Waals surface area contributed by atoms with E-state index in [-0.39, 0.29) is 23.0 Å². The molecule has 6 nitrogen and oxygen atoms in total. The quantitative estimate of drug-likeness (QED) is 0.755. The van der Waals surface area contributed by atoms with Crippen molar-refractivity contribution in [1.29, 1.82) is 5.26 Å².